The summed E-state index contributed by atoms with van der Waals surface area (Å²) in [5, 5.41) is 7.06. The first-order valence-electron chi connectivity index (χ1n) is 7.28. The molecule has 27 heavy (non-hydrogen) atoms. The molecule has 0 radical (unpaired) electrons. The average Bonchev–Trinajstić information content (AvgIpc) is 3.22. The predicted molar refractivity (Wildman–Crippen MR) is 73.7 cm³/mol. The van der Waals surface area contributed by atoms with E-state index in [4.69, 9.17) is 9.15 Å². The van der Waals surface area contributed by atoms with E-state index in [2.05, 4.69) is 20.2 Å². The van der Waals surface area contributed by atoms with E-state index in [1.54, 1.807) is 0 Å². The van der Waals surface area contributed by atoms with Crippen LogP contribution in [0.1, 0.15) is 30.1 Å². The summed E-state index contributed by atoms with van der Waals surface area (Å²) < 4.78 is 90.4. The van der Waals surface area contributed by atoms with Gasteiger partial charge in [0.1, 0.15) is 17.0 Å². The summed E-state index contributed by atoms with van der Waals surface area (Å²) >= 11 is 0. The number of halogens is 6. The van der Waals surface area contributed by atoms with Gasteiger partial charge in [-0.3, -0.25) is 4.57 Å². The van der Waals surface area contributed by atoms with Crippen molar-refractivity contribution < 1.29 is 35.5 Å². The maximum absolute atomic E-state index is 13.3. The van der Waals surface area contributed by atoms with Gasteiger partial charge in [0.15, 0.2) is 23.5 Å². The SMILES string of the molecule is C[C@@H]1Oc2c(C(F)(F)F)cc(C(F)(F)F)nc2-n2cc(-c3nnco3)nc21. The molecule has 0 unspecified atom stereocenters. The molecule has 1 aliphatic heterocycles. The summed E-state index contributed by atoms with van der Waals surface area (Å²) in [6.45, 7) is 1.40. The van der Waals surface area contributed by atoms with Gasteiger partial charge in [-0.2, -0.15) is 26.3 Å². The number of nitrogens with zero attached hydrogens (tertiary/aromatic N) is 5. The Morgan fingerprint density at radius 3 is 2.41 bits per heavy atom. The topological polar surface area (TPSA) is 78.9 Å². The molecule has 3 aromatic rings. The van der Waals surface area contributed by atoms with Gasteiger partial charge in [-0.25, -0.2) is 9.97 Å². The lowest BCUT2D eigenvalue weighted by Crippen LogP contribution is -2.24. The Labute approximate surface area is 145 Å². The van der Waals surface area contributed by atoms with Gasteiger partial charge in [-0.1, -0.05) is 0 Å². The first-order chi connectivity index (χ1) is 12.6. The van der Waals surface area contributed by atoms with Crippen LogP contribution in [0, 0.1) is 0 Å². The van der Waals surface area contributed by atoms with Gasteiger partial charge in [-0.15, -0.1) is 10.2 Å². The quantitative estimate of drug-likeness (QED) is 0.587. The van der Waals surface area contributed by atoms with Crippen molar-refractivity contribution in [1.82, 2.24) is 24.7 Å². The normalized spacial score (nSPS) is 16.6. The fourth-order valence-electron chi connectivity index (χ4n) is 2.62. The Balaban J connectivity index is 1.99. The van der Waals surface area contributed by atoms with Crippen LogP contribution in [0.25, 0.3) is 17.4 Å². The lowest BCUT2D eigenvalue weighted by atomic mass is 10.1. The highest BCUT2D eigenvalue weighted by Crippen LogP contribution is 2.46. The molecule has 4 heterocycles. The zero-order valence-corrected chi connectivity index (χ0v) is 13.1. The van der Waals surface area contributed by atoms with Gasteiger partial charge >= 0.3 is 12.4 Å². The Kier molecular flexibility index (Phi) is 3.48. The maximum atomic E-state index is 13.3. The number of fused-ring (bicyclic) bond motifs is 3. The second kappa shape index (κ2) is 5.44. The number of pyridine rings is 1. The van der Waals surface area contributed by atoms with Crippen LogP contribution in [-0.2, 0) is 12.4 Å². The highest BCUT2D eigenvalue weighted by molar-refractivity contribution is 5.56. The minimum absolute atomic E-state index is 0.0376. The van der Waals surface area contributed by atoms with E-state index < -0.39 is 41.3 Å². The third kappa shape index (κ3) is 2.78. The Morgan fingerprint density at radius 1 is 1.07 bits per heavy atom. The first kappa shape index (κ1) is 17.3. The van der Waals surface area contributed by atoms with Crippen molar-refractivity contribution in [1.29, 1.82) is 0 Å². The van der Waals surface area contributed by atoms with E-state index in [0.29, 0.717) is 0 Å². The molecule has 0 saturated carbocycles. The molecule has 1 atom stereocenters. The van der Waals surface area contributed by atoms with Crippen LogP contribution in [-0.4, -0.2) is 24.7 Å². The van der Waals surface area contributed by atoms with Gasteiger partial charge in [-0.05, 0) is 13.0 Å². The van der Waals surface area contributed by atoms with Crippen LogP contribution in [0.4, 0.5) is 26.3 Å². The molecule has 0 bridgehead atoms. The second-order valence-corrected chi connectivity index (χ2v) is 5.56. The third-order valence-corrected chi connectivity index (χ3v) is 3.75. The fourth-order valence-corrected chi connectivity index (χ4v) is 2.62. The van der Waals surface area contributed by atoms with E-state index in [-0.39, 0.29) is 23.5 Å². The summed E-state index contributed by atoms with van der Waals surface area (Å²) in [5.41, 5.74) is -3.23. The zero-order valence-electron chi connectivity index (χ0n) is 13.1. The van der Waals surface area contributed by atoms with Gasteiger partial charge < -0.3 is 9.15 Å². The Hall–Kier alpha value is -3.12. The molecule has 0 N–H and O–H groups in total. The number of imidazole rings is 1. The maximum Gasteiger partial charge on any atom is 0.433 e. The summed E-state index contributed by atoms with van der Waals surface area (Å²) in [5.74, 6) is -1.52. The second-order valence-electron chi connectivity index (χ2n) is 5.56. The number of hydrogen-bond donors (Lipinski definition) is 0. The van der Waals surface area contributed by atoms with Crippen molar-refractivity contribution in [3.8, 4) is 23.2 Å². The van der Waals surface area contributed by atoms with Crippen molar-refractivity contribution in [2.24, 2.45) is 0 Å². The molecule has 4 rings (SSSR count). The standard InChI is InChI=1S/C14H7F6N5O2/c1-5-10-22-7(12-24-21-4-26-12)3-25(10)11-9(27-5)6(13(15,16)17)2-8(23-11)14(18,19)20/h2-5H,1H3/t5-/m0/s1. The average molecular weight is 391 g/mol. The smallest absolute Gasteiger partial charge is 0.433 e. The minimum atomic E-state index is -5.09. The highest BCUT2D eigenvalue weighted by atomic mass is 19.4. The molecular weight excluding hydrogens is 384 g/mol. The molecule has 0 aliphatic carbocycles. The van der Waals surface area contributed by atoms with E-state index in [1.165, 1.54) is 6.92 Å². The molecule has 7 nitrogen and oxygen atoms in total. The molecular formula is C14H7F6N5O2. The van der Waals surface area contributed by atoms with Crippen molar-refractivity contribution in [2.75, 3.05) is 0 Å². The molecule has 0 saturated heterocycles. The van der Waals surface area contributed by atoms with Crippen LogP contribution in [0.2, 0.25) is 0 Å². The minimum Gasteiger partial charge on any atom is -0.478 e. The highest BCUT2D eigenvalue weighted by Gasteiger charge is 2.44. The summed E-state index contributed by atoms with van der Waals surface area (Å²) in [6, 6.07) is -0.0770. The van der Waals surface area contributed by atoms with Gasteiger partial charge in [0.2, 0.25) is 6.39 Å². The third-order valence-electron chi connectivity index (χ3n) is 3.75. The van der Waals surface area contributed by atoms with Crippen LogP contribution in [0.3, 0.4) is 0 Å². The zero-order chi connectivity index (χ0) is 19.6. The summed E-state index contributed by atoms with van der Waals surface area (Å²) in [4.78, 5) is 7.43. The van der Waals surface area contributed by atoms with E-state index in [9.17, 15) is 26.3 Å². The van der Waals surface area contributed by atoms with Crippen molar-refractivity contribution in [3.63, 3.8) is 0 Å². The molecule has 0 amide bonds. The molecule has 142 valence electrons. The Bertz CT molecular complexity index is 1010. The van der Waals surface area contributed by atoms with Crippen molar-refractivity contribution >= 4 is 0 Å². The fraction of sp³-hybridized carbons (Fsp3) is 0.286. The van der Waals surface area contributed by atoms with E-state index in [1.807, 2.05) is 0 Å². The number of hydrogen-bond acceptors (Lipinski definition) is 6. The van der Waals surface area contributed by atoms with Crippen LogP contribution in [0.15, 0.2) is 23.1 Å². The Morgan fingerprint density at radius 2 is 1.81 bits per heavy atom. The van der Waals surface area contributed by atoms with Gasteiger partial charge in [0.05, 0.1) is 0 Å². The predicted octanol–water partition coefficient (Wildman–Crippen LogP) is 3.81. The number of alkyl halides is 6. The van der Waals surface area contributed by atoms with Crippen molar-refractivity contribution in [3.05, 3.63) is 35.7 Å². The lowest BCUT2D eigenvalue weighted by Gasteiger charge is -2.27. The van der Waals surface area contributed by atoms with Crippen LogP contribution in [0.5, 0.6) is 5.75 Å². The summed E-state index contributed by atoms with van der Waals surface area (Å²) in [7, 11) is 0. The molecule has 0 spiro atoms. The first-order valence-corrected chi connectivity index (χ1v) is 7.28. The number of rotatable bonds is 1. The molecule has 0 aromatic carbocycles. The van der Waals surface area contributed by atoms with E-state index in [0.717, 1.165) is 17.2 Å². The summed E-state index contributed by atoms with van der Waals surface area (Å²) in [6.07, 6.45) is -9.00. The van der Waals surface area contributed by atoms with Gasteiger partial charge in [0, 0.05) is 6.20 Å². The molecule has 0 fully saturated rings. The number of aromatic nitrogens is 5. The number of ether oxygens (including phenoxy) is 1. The lowest BCUT2D eigenvalue weighted by molar-refractivity contribution is -0.146. The molecule has 1 aliphatic rings. The van der Waals surface area contributed by atoms with Crippen molar-refractivity contribution in [2.45, 2.75) is 25.4 Å². The molecule has 13 heteroatoms. The largest absolute Gasteiger partial charge is 0.478 e. The monoisotopic (exact) mass is 391 g/mol. The van der Waals surface area contributed by atoms with Crippen LogP contribution >= 0.6 is 0 Å². The van der Waals surface area contributed by atoms with Gasteiger partial charge in [0.25, 0.3) is 5.89 Å². The molecule has 3 aromatic heterocycles. The van der Waals surface area contributed by atoms with Crippen LogP contribution < -0.4 is 4.74 Å². The van der Waals surface area contributed by atoms with E-state index >= 15 is 0 Å².